The first kappa shape index (κ1) is 76.7. The molecule has 0 saturated heterocycles. The lowest BCUT2D eigenvalue weighted by Crippen LogP contribution is -2.03. The minimum atomic E-state index is -0.730. The van der Waals surface area contributed by atoms with Crippen molar-refractivity contribution < 1.29 is 10.2 Å². The van der Waals surface area contributed by atoms with Gasteiger partial charge in [0.2, 0.25) is 0 Å². The summed E-state index contributed by atoms with van der Waals surface area (Å²) in [5.74, 6) is 0. The number of unbranched alkanes of at least 4 members (excludes halogenated alkanes) is 36. The third kappa shape index (κ3) is 25.9. The van der Waals surface area contributed by atoms with E-state index >= 15 is 0 Å². The molecule has 4 heteroatoms. The lowest BCUT2D eigenvalue weighted by molar-refractivity contribution is 0.220. The molecule has 8 rings (SSSR count). The van der Waals surface area contributed by atoms with E-state index in [1.165, 1.54) is 322 Å². The van der Waals surface area contributed by atoms with Gasteiger partial charge in [-0.2, -0.15) is 0 Å². The Morgan fingerprint density at radius 1 is 0.250 bits per heavy atom. The van der Waals surface area contributed by atoms with E-state index in [1.54, 1.807) is 22.7 Å². The third-order valence-corrected chi connectivity index (χ3v) is 22.9. The van der Waals surface area contributed by atoms with Crippen LogP contribution in [-0.2, 0) is 25.7 Å². The van der Waals surface area contributed by atoms with Gasteiger partial charge in [-0.3, -0.25) is 0 Å². The van der Waals surface area contributed by atoms with Gasteiger partial charge >= 0.3 is 0 Å². The van der Waals surface area contributed by atoms with E-state index in [0.29, 0.717) is 0 Å². The minimum absolute atomic E-state index is 0.730. The molecule has 2 heterocycles. The molecule has 2 nitrogen and oxygen atoms in total. The molecule has 0 aliphatic carbocycles. The molecule has 520 valence electrons. The Labute approximate surface area is 594 Å². The monoisotopic (exact) mass is 1330 g/mol. The standard InChI is InChI=1S/C92H128O2S2/c1-5-9-13-17-21-25-29-33-37-41-45-73-49-55-77(56-50-73)89(93)85-63-53-75(47-43-39-35-31-27-23-19-15-11-7-3)69-87(85)91-83(65-67-95-91)81-61-59-80-72-82(62-60-79(80)71-81)84-66-68-96-92(84)88-70-76(48-44-40-36-32-28-24-20-16-12-8-4)54-64-86(88)90(94)78-57-51-74(52-58-78)46-42-38-34-30-26-22-18-14-10-6-2/h49-72,89-90,93-94H,5-48H2,1-4H3. The Morgan fingerprint density at radius 3 is 0.802 bits per heavy atom. The molecule has 96 heavy (non-hydrogen) atoms. The number of aliphatic hydroxyl groups excluding tert-OH is 2. The van der Waals surface area contributed by atoms with E-state index in [-0.39, 0.29) is 0 Å². The maximum absolute atomic E-state index is 12.4. The molecule has 0 spiro atoms. The van der Waals surface area contributed by atoms with Crippen molar-refractivity contribution in [2.24, 2.45) is 0 Å². The predicted octanol–water partition coefficient (Wildman–Crippen LogP) is 29.6. The summed E-state index contributed by atoms with van der Waals surface area (Å²) in [5, 5.41) is 31.8. The molecular formula is C92H128O2S2. The highest BCUT2D eigenvalue weighted by Crippen LogP contribution is 2.45. The summed E-state index contributed by atoms with van der Waals surface area (Å²) >= 11 is 3.60. The van der Waals surface area contributed by atoms with Crippen LogP contribution in [0, 0.1) is 0 Å². The van der Waals surface area contributed by atoms with Crippen LogP contribution in [0.4, 0.5) is 0 Å². The summed E-state index contributed by atoms with van der Waals surface area (Å²) < 4.78 is 0. The average molecular weight is 1330 g/mol. The second kappa shape index (κ2) is 45.5. The van der Waals surface area contributed by atoms with Crippen molar-refractivity contribution in [3.8, 4) is 43.1 Å². The van der Waals surface area contributed by atoms with Gasteiger partial charge in [-0.1, -0.05) is 356 Å². The number of rotatable bonds is 52. The van der Waals surface area contributed by atoms with Gasteiger partial charge in [0.25, 0.3) is 0 Å². The highest BCUT2D eigenvalue weighted by Gasteiger charge is 2.23. The van der Waals surface area contributed by atoms with Crippen molar-refractivity contribution in [1.82, 2.24) is 0 Å². The van der Waals surface area contributed by atoms with Crippen LogP contribution in [-0.4, -0.2) is 10.2 Å². The fourth-order valence-electron chi connectivity index (χ4n) is 14.8. The maximum atomic E-state index is 12.4. The third-order valence-electron chi connectivity index (χ3n) is 21.0. The van der Waals surface area contributed by atoms with Crippen molar-refractivity contribution in [3.63, 3.8) is 0 Å². The van der Waals surface area contributed by atoms with Gasteiger partial charge in [0, 0.05) is 20.9 Å². The van der Waals surface area contributed by atoms with Gasteiger partial charge < -0.3 is 10.2 Å². The Hall–Kier alpha value is -5.10. The summed E-state index contributed by atoms with van der Waals surface area (Å²) in [6.07, 6.45) is 56.5. The molecule has 2 unspecified atom stereocenters. The number of hydrogen-bond donors (Lipinski definition) is 2. The quantitative estimate of drug-likeness (QED) is 0.0373. The van der Waals surface area contributed by atoms with Crippen molar-refractivity contribution >= 4 is 33.4 Å². The second-order valence-corrected chi connectivity index (χ2v) is 30.8. The van der Waals surface area contributed by atoms with Crippen LogP contribution in [0.5, 0.6) is 0 Å². The van der Waals surface area contributed by atoms with Gasteiger partial charge in [0.05, 0.1) is 0 Å². The zero-order chi connectivity index (χ0) is 67.0. The summed E-state index contributed by atoms with van der Waals surface area (Å²) in [7, 11) is 0. The molecule has 0 fully saturated rings. The Morgan fingerprint density at radius 2 is 0.510 bits per heavy atom. The number of aryl methyl sites for hydroxylation is 4. The van der Waals surface area contributed by atoms with Gasteiger partial charge in [0.1, 0.15) is 12.2 Å². The van der Waals surface area contributed by atoms with Crippen molar-refractivity contribution in [2.75, 3.05) is 0 Å². The zero-order valence-electron chi connectivity index (χ0n) is 60.8. The molecule has 2 atom stereocenters. The predicted molar refractivity (Wildman–Crippen MR) is 425 cm³/mol. The fourth-order valence-corrected chi connectivity index (χ4v) is 16.7. The molecule has 2 aromatic heterocycles. The topological polar surface area (TPSA) is 40.5 Å². The normalized spacial score (nSPS) is 12.4. The molecule has 0 aliphatic rings. The van der Waals surface area contributed by atoms with Crippen LogP contribution in [0.3, 0.4) is 0 Å². The lowest BCUT2D eigenvalue weighted by atomic mass is 9.89. The van der Waals surface area contributed by atoms with Gasteiger partial charge in [0.15, 0.2) is 0 Å². The first-order chi connectivity index (χ1) is 47.4. The van der Waals surface area contributed by atoms with Crippen LogP contribution in [0.15, 0.2) is 144 Å². The summed E-state index contributed by atoms with van der Waals surface area (Å²) in [6, 6.07) is 50.3. The summed E-state index contributed by atoms with van der Waals surface area (Å²) in [5.41, 5.74) is 16.5. The van der Waals surface area contributed by atoms with E-state index in [2.05, 4.69) is 172 Å². The summed E-state index contributed by atoms with van der Waals surface area (Å²) in [4.78, 5) is 2.44. The van der Waals surface area contributed by atoms with E-state index in [0.717, 1.165) is 59.1 Å². The van der Waals surface area contributed by atoms with E-state index in [9.17, 15) is 10.2 Å². The van der Waals surface area contributed by atoms with Crippen LogP contribution in [0.1, 0.15) is 341 Å². The fraction of sp³-hybridized carbons (Fsp3) is 0.543. The number of fused-ring (bicyclic) bond motifs is 1. The van der Waals surface area contributed by atoms with E-state index in [4.69, 9.17) is 0 Å². The van der Waals surface area contributed by atoms with Crippen molar-refractivity contribution in [2.45, 2.75) is 322 Å². The number of hydrogen-bond acceptors (Lipinski definition) is 4. The average Bonchev–Trinajstić information content (AvgIpc) is 1.41. The zero-order valence-corrected chi connectivity index (χ0v) is 62.5. The molecular weight excluding hydrogens is 1200 g/mol. The maximum Gasteiger partial charge on any atom is 0.105 e. The lowest BCUT2D eigenvalue weighted by Gasteiger charge is -2.19. The molecule has 8 aromatic rings. The molecule has 0 saturated carbocycles. The van der Waals surface area contributed by atoms with Crippen molar-refractivity contribution in [1.29, 1.82) is 0 Å². The largest absolute Gasteiger partial charge is 0.384 e. The molecule has 0 bridgehead atoms. The van der Waals surface area contributed by atoms with Crippen LogP contribution >= 0.6 is 22.7 Å². The molecule has 6 aromatic carbocycles. The minimum Gasteiger partial charge on any atom is -0.384 e. The second-order valence-electron chi connectivity index (χ2n) is 29.0. The SMILES string of the molecule is CCCCCCCCCCCCc1ccc(C(O)c2ccc(CCCCCCCCCCCC)cc2-c2sccc2-c2ccc3cc(-c4ccsc4-c4cc(CCCCCCCCCCCC)ccc4C(O)c4ccc(CCCCCCCCCCCC)cc4)ccc3c2)cc1. The molecule has 2 N–H and O–H groups in total. The van der Waals surface area contributed by atoms with Crippen molar-refractivity contribution in [3.05, 3.63) is 189 Å². The molecule has 0 amide bonds. The number of benzene rings is 6. The highest BCUT2D eigenvalue weighted by atomic mass is 32.1. The van der Waals surface area contributed by atoms with E-state index in [1.807, 2.05) is 0 Å². The Balaban J connectivity index is 0.988. The highest BCUT2D eigenvalue weighted by molar-refractivity contribution is 7.14. The van der Waals surface area contributed by atoms with E-state index < -0.39 is 12.2 Å². The number of thiophene rings is 2. The van der Waals surface area contributed by atoms with Gasteiger partial charge in [-0.25, -0.2) is 0 Å². The first-order valence-electron chi connectivity index (χ1n) is 39.9. The van der Waals surface area contributed by atoms with Crippen LogP contribution in [0.2, 0.25) is 0 Å². The van der Waals surface area contributed by atoms with Gasteiger partial charge in [-0.15, -0.1) is 22.7 Å². The van der Waals surface area contributed by atoms with Crippen LogP contribution < -0.4 is 0 Å². The number of aliphatic hydroxyl groups is 2. The Bertz CT molecular complexity index is 3120. The Kier molecular flexibility index (Phi) is 36.4. The molecule has 0 aliphatic heterocycles. The first-order valence-corrected chi connectivity index (χ1v) is 41.6. The van der Waals surface area contributed by atoms with Crippen LogP contribution in [0.25, 0.3) is 53.9 Å². The summed E-state index contributed by atoms with van der Waals surface area (Å²) in [6.45, 7) is 9.20. The van der Waals surface area contributed by atoms with Gasteiger partial charge in [-0.05, 0) is 176 Å². The smallest absolute Gasteiger partial charge is 0.105 e. The molecule has 0 radical (unpaired) electrons.